The molecule has 2 amide bonds. The Bertz CT molecular complexity index is 1770. The first kappa shape index (κ1) is 40.7. The summed E-state index contributed by atoms with van der Waals surface area (Å²) in [6.07, 6.45) is 1.74. The summed E-state index contributed by atoms with van der Waals surface area (Å²) in [4.78, 5) is 57.2. The fourth-order valence-electron chi connectivity index (χ4n) is 8.02. The van der Waals surface area contributed by atoms with Gasteiger partial charge in [-0.2, -0.15) is 0 Å². The Morgan fingerprint density at radius 1 is 0.982 bits per heavy atom. The van der Waals surface area contributed by atoms with E-state index in [2.05, 4.69) is 35.3 Å². The molecule has 3 aliphatic rings. The molecule has 15 heteroatoms. The highest BCUT2D eigenvalue weighted by Crippen LogP contribution is 2.30. The first-order valence-electron chi connectivity index (χ1n) is 19.3. The third-order valence-corrected chi connectivity index (χ3v) is 12.2. The van der Waals surface area contributed by atoms with E-state index in [0.29, 0.717) is 12.6 Å². The van der Waals surface area contributed by atoms with Crippen molar-refractivity contribution in [2.75, 3.05) is 57.3 Å². The second kappa shape index (κ2) is 17.4. The van der Waals surface area contributed by atoms with Crippen LogP contribution in [0.4, 0.5) is 5.82 Å². The maximum atomic E-state index is 14.2. The maximum Gasteiger partial charge on any atom is 0.337 e. The number of hydrogen-bond donors (Lipinski definition) is 5. The Balaban J connectivity index is 0.987. The highest BCUT2D eigenvalue weighted by atomic mass is 32.1. The van der Waals surface area contributed by atoms with Crippen LogP contribution in [0.1, 0.15) is 74.6 Å². The summed E-state index contributed by atoms with van der Waals surface area (Å²) in [6, 6.07) is 9.91. The van der Waals surface area contributed by atoms with E-state index < -0.39 is 35.8 Å². The van der Waals surface area contributed by atoms with Crippen LogP contribution in [0.5, 0.6) is 0 Å². The number of pyridine rings is 1. The van der Waals surface area contributed by atoms with Gasteiger partial charge < -0.3 is 30.4 Å². The number of thiazole rings is 1. The van der Waals surface area contributed by atoms with Gasteiger partial charge in [0.15, 0.2) is 0 Å². The Kier molecular flexibility index (Phi) is 12.9. The number of aryl methyl sites for hydroxylation is 1. The average Bonchev–Trinajstić information content (AvgIpc) is 3.78. The zero-order valence-electron chi connectivity index (χ0n) is 32.5. The van der Waals surface area contributed by atoms with E-state index in [1.807, 2.05) is 64.4 Å². The second-order valence-corrected chi connectivity index (χ2v) is 17.1. The summed E-state index contributed by atoms with van der Waals surface area (Å²) in [7, 11) is 0. The minimum absolute atomic E-state index is 0.0486. The number of rotatable bonds is 12. The number of hydrogen-bond acceptors (Lipinski definition) is 12. The number of carboxylic acids is 1. The van der Waals surface area contributed by atoms with Gasteiger partial charge >= 0.3 is 5.97 Å². The minimum Gasteiger partial charge on any atom is -0.478 e. The lowest BCUT2D eigenvalue weighted by Crippen LogP contribution is -2.61. The molecule has 0 radical (unpaired) electrons. The number of likely N-dealkylation sites (tertiary alicyclic amines) is 1. The maximum absolute atomic E-state index is 14.2. The van der Waals surface area contributed by atoms with Gasteiger partial charge in [0.2, 0.25) is 11.8 Å². The number of carbonyl (C=O) groups is 3. The molecule has 2 aromatic heterocycles. The van der Waals surface area contributed by atoms with Crippen LogP contribution in [0.15, 0.2) is 48.1 Å². The smallest absolute Gasteiger partial charge is 0.337 e. The van der Waals surface area contributed by atoms with Crippen LogP contribution in [0.25, 0.3) is 10.4 Å². The molecule has 6 rings (SSSR count). The third kappa shape index (κ3) is 9.88. The molecule has 0 spiro atoms. The van der Waals surface area contributed by atoms with Gasteiger partial charge in [0, 0.05) is 71.0 Å². The van der Waals surface area contributed by atoms with E-state index in [4.69, 9.17) is 5.11 Å². The van der Waals surface area contributed by atoms with Crippen molar-refractivity contribution in [2.24, 2.45) is 5.41 Å². The number of aromatic carboxylic acids is 1. The van der Waals surface area contributed by atoms with E-state index in [-0.39, 0.29) is 36.4 Å². The average molecular weight is 777 g/mol. The van der Waals surface area contributed by atoms with E-state index in [9.17, 15) is 24.6 Å². The molecule has 1 unspecified atom stereocenters. The number of nitrogens with zero attached hydrogens (tertiary/aromatic N) is 6. The Labute approximate surface area is 327 Å². The lowest BCUT2D eigenvalue weighted by atomic mass is 9.85. The lowest BCUT2D eigenvalue weighted by molar-refractivity contribution is -0.143. The molecule has 0 saturated carbocycles. The zero-order chi connectivity index (χ0) is 39.4. The van der Waals surface area contributed by atoms with Crippen molar-refractivity contribution < 1.29 is 29.7 Å². The quantitative estimate of drug-likeness (QED) is 0.171. The van der Waals surface area contributed by atoms with Gasteiger partial charge in [0.1, 0.15) is 18.1 Å². The number of aromatic nitrogens is 2. The van der Waals surface area contributed by atoms with Crippen molar-refractivity contribution in [1.29, 1.82) is 0 Å². The number of nitrogens with one attached hydrogen (secondary N) is 2. The number of anilines is 1. The summed E-state index contributed by atoms with van der Waals surface area (Å²) < 4.78 is 0. The molecule has 3 aromatic rings. The lowest BCUT2D eigenvalue weighted by Gasteiger charge is -2.43. The van der Waals surface area contributed by atoms with Crippen molar-refractivity contribution in [1.82, 2.24) is 35.3 Å². The van der Waals surface area contributed by atoms with Gasteiger partial charge in [-0.3, -0.25) is 24.7 Å². The summed E-state index contributed by atoms with van der Waals surface area (Å²) >= 11 is 1.59. The molecule has 5 N–H and O–H groups in total. The Hall–Kier alpha value is -3.99. The molecule has 0 aliphatic carbocycles. The minimum atomic E-state index is -0.979. The van der Waals surface area contributed by atoms with Crippen molar-refractivity contribution in [2.45, 2.75) is 90.4 Å². The van der Waals surface area contributed by atoms with Gasteiger partial charge in [-0.05, 0) is 55.4 Å². The van der Waals surface area contributed by atoms with Crippen LogP contribution < -0.4 is 15.5 Å². The predicted octanol–water partition coefficient (Wildman–Crippen LogP) is 2.96. The molecule has 0 bridgehead atoms. The molecule has 5 heterocycles. The molecule has 3 aliphatic heterocycles. The number of carboxylic acid groups (broad SMARTS) is 1. The molecular weight excluding hydrogens is 721 g/mol. The van der Waals surface area contributed by atoms with Crippen LogP contribution >= 0.6 is 11.3 Å². The van der Waals surface area contributed by atoms with Crippen molar-refractivity contribution in [3.05, 3.63) is 64.9 Å². The molecule has 3 fully saturated rings. The molecule has 55 heavy (non-hydrogen) atoms. The second-order valence-electron chi connectivity index (χ2n) is 16.3. The summed E-state index contributed by atoms with van der Waals surface area (Å²) in [5.41, 5.74) is 4.40. The van der Waals surface area contributed by atoms with Crippen LogP contribution in [0.3, 0.4) is 0 Å². The molecule has 14 nitrogen and oxygen atoms in total. The number of amides is 2. The normalized spacial score (nSPS) is 22.0. The predicted molar refractivity (Wildman–Crippen MR) is 212 cm³/mol. The van der Waals surface area contributed by atoms with Gasteiger partial charge in [-0.1, -0.05) is 45.0 Å². The largest absolute Gasteiger partial charge is 0.478 e. The van der Waals surface area contributed by atoms with Crippen LogP contribution in [0, 0.1) is 12.3 Å². The van der Waals surface area contributed by atoms with Gasteiger partial charge in [-0.15, -0.1) is 11.3 Å². The molecule has 1 aromatic carbocycles. The standard InChI is InChI=1S/C40H56N8O6S/c1-25(27-6-8-28(9-7-27)35-26(2)42-24-55-35)43-37(51)32-20-31(49)22-48(32)38(52)36(40(3,4)5)44-34(50)23-45-16-18-46(19-17-45)30-12-14-47(15-13-30)33-11-10-29(21-41-33)39(53)54/h6-11,21,24-25,30-32,34,36,44,49-50H,12-20,22-23H2,1-5H3,(H,43,51)(H,53,54)/t25-,31+,32-,34?,36+/m0/s1. The Morgan fingerprint density at radius 2 is 1.67 bits per heavy atom. The number of piperidine rings is 1. The monoisotopic (exact) mass is 776 g/mol. The summed E-state index contributed by atoms with van der Waals surface area (Å²) in [6.45, 7) is 15.1. The molecular formula is C40H56N8O6S. The van der Waals surface area contributed by atoms with Crippen LogP contribution in [-0.4, -0.2) is 141 Å². The van der Waals surface area contributed by atoms with E-state index in [1.54, 1.807) is 23.5 Å². The SMILES string of the molecule is Cc1ncsc1-c1ccc([C@H](C)NC(=O)[C@@H]2C[C@@H](O)CN2C(=O)[C@@H](NC(O)CN2CCN(C3CCN(c4ccc(C(=O)O)cn4)CC3)CC2)C(C)(C)C)cc1. The van der Waals surface area contributed by atoms with Crippen molar-refractivity contribution in [3.8, 4) is 10.4 Å². The molecule has 3 saturated heterocycles. The zero-order valence-corrected chi connectivity index (χ0v) is 33.3. The molecule has 5 atom stereocenters. The Morgan fingerprint density at radius 3 is 2.25 bits per heavy atom. The number of β-amino-alcohol motifs (C(OH)–C–C–N with tert-alkyl or cyclic N) is 2. The number of piperazine rings is 1. The number of aliphatic hydroxyl groups excluding tert-OH is 2. The topological polar surface area (TPSA) is 175 Å². The first-order chi connectivity index (χ1) is 26.2. The first-order valence-corrected chi connectivity index (χ1v) is 20.2. The number of benzene rings is 1. The van der Waals surface area contributed by atoms with Gasteiger partial charge in [0.05, 0.1) is 39.8 Å². The van der Waals surface area contributed by atoms with Crippen LogP contribution in [-0.2, 0) is 9.59 Å². The van der Waals surface area contributed by atoms with Gasteiger partial charge in [-0.25, -0.2) is 14.8 Å². The third-order valence-electron chi connectivity index (χ3n) is 11.3. The number of carbonyl (C=O) groups excluding carboxylic acids is 2. The fraction of sp³-hybridized carbons (Fsp3) is 0.575. The highest BCUT2D eigenvalue weighted by Gasteiger charge is 2.45. The van der Waals surface area contributed by atoms with E-state index in [0.717, 1.165) is 79.6 Å². The van der Waals surface area contributed by atoms with Crippen LogP contribution in [0.2, 0.25) is 0 Å². The summed E-state index contributed by atoms with van der Waals surface area (Å²) in [5, 5.41) is 37.4. The highest BCUT2D eigenvalue weighted by molar-refractivity contribution is 7.13. The van der Waals surface area contributed by atoms with E-state index >= 15 is 0 Å². The fourth-order valence-corrected chi connectivity index (χ4v) is 8.83. The number of aliphatic hydroxyl groups is 2. The van der Waals surface area contributed by atoms with Crippen molar-refractivity contribution in [3.63, 3.8) is 0 Å². The van der Waals surface area contributed by atoms with E-state index in [1.165, 1.54) is 11.1 Å². The molecule has 298 valence electrons. The van der Waals surface area contributed by atoms with Crippen molar-refractivity contribution >= 4 is 34.9 Å². The summed E-state index contributed by atoms with van der Waals surface area (Å²) in [5.74, 6) is -0.809. The van der Waals surface area contributed by atoms with Gasteiger partial charge in [0.25, 0.3) is 0 Å².